The van der Waals surface area contributed by atoms with Gasteiger partial charge < -0.3 is 4.90 Å². The molecule has 3 heterocycles. The van der Waals surface area contributed by atoms with Gasteiger partial charge in [0.2, 0.25) is 0 Å². The summed E-state index contributed by atoms with van der Waals surface area (Å²) < 4.78 is 2.17. The van der Waals surface area contributed by atoms with Gasteiger partial charge in [0, 0.05) is 23.6 Å². The number of aromatic nitrogens is 4. The first kappa shape index (κ1) is 13.3. The number of anilines is 1. The van der Waals surface area contributed by atoms with E-state index in [1.54, 1.807) is 11.8 Å². The quantitative estimate of drug-likeness (QED) is 0.727. The van der Waals surface area contributed by atoms with Gasteiger partial charge in [0.15, 0.2) is 11.0 Å². The predicted molar refractivity (Wildman–Crippen MR) is 87.6 cm³/mol. The Labute approximate surface area is 133 Å². The van der Waals surface area contributed by atoms with Crippen LogP contribution in [0.3, 0.4) is 0 Å². The van der Waals surface area contributed by atoms with Gasteiger partial charge in [0.25, 0.3) is 0 Å². The van der Waals surface area contributed by atoms with Crippen LogP contribution in [0.15, 0.2) is 53.9 Å². The van der Waals surface area contributed by atoms with E-state index in [1.165, 1.54) is 5.56 Å². The number of thioether (sulfide) groups is 1. The van der Waals surface area contributed by atoms with E-state index in [9.17, 15) is 0 Å². The van der Waals surface area contributed by atoms with Gasteiger partial charge in [-0.3, -0.25) is 9.55 Å². The highest BCUT2D eigenvalue weighted by Crippen LogP contribution is 2.31. The molecule has 2 aromatic heterocycles. The molecule has 3 aromatic rings. The average Bonchev–Trinajstić information content (AvgIpc) is 2.99. The zero-order valence-electron chi connectivity index (χ0n) is 12.2. The van der Waals surface area contributed by atoms with Crippen molar-refractivity contribution in [2.24, 2.45) is 0 Å². The summed E-state index contributed by atoms with van der Waals surface area (Å²) in [6.45, 7) is 2.84. The molecule has 0 radical (unpaired) electrons. The predicted octanol–water partition coefficient (Wildman–Crippen LogP) is 3.18. The molecule has 0 saturated heterocycles. The molecule has 6 heteroatoms. The molecule has 0 aliphatic carbocycles. The summed E-state index contributed by atoms with van der Waals surface area (Å²) >= 11 is 1.71. The minimum Gasteiger partial charge on any atom is -0.343 e. The van der Waals surface area contributed by atoms with Crippen LogP contribution in [0.5, 0.6) is 0 Å². The Balaban J connectivity index is 1.71. The Hall–Kier alpha value is -2.34. The number of pyridine rings is 1. The van der Waals surface area contributed by atoms with Crippen molar-refractivity contribution in [3.8, 4) is 11.4 Å². The molecule has 0 amide bonds. The summed E-state index contributed by atoms with van der Waals surface area (Å²) in [5, 5.41) is 9.69. The van der Waals surface area contributed by atoms with E-state index in [-0.39, 0.29) is 0 Å². The zero-order chi connectivity index (χ0) is 14.9. The molecule has 0 spiro atoms. The summed E-state index contributed by atoms with van der Waals surface area (Å²) in [6.07, 6.45) is 3.65. The molecule has 0 N–H and O–H groups in total. The van der Waals surface area contributed by atoms with Gasteiger partial charge in [-0.2, -0.15) is 0 Å². The third kappa shape index (κ3) is 2.35. The van der Waals surface area contributed by atoms with Crippen LogP contribution in [0.1, 0.15) is 5.56 Å². The third-order valence-corrected chi connectivity index (χ3v) is 4.68. The van der Waals surface area contributed by atoms with Crippen molar-refractivity contribution >= 4 is 17.4 Å². The molecular formula is C16H15N5S. The van der Waals surface area contributed by atoms with Crippen LogP contribution < -0.4 is 4.90 Å². The fourth-order valence-electron chi connectivity index (χ4n) is 2.58. The molecule has 22 heavy (non-hydrogen) atoms. The first-order valence-corrected chi connectivity index (χ1v) is 8.08. The highest BCUT2D eigenvalue weighted by molar-refractivity contribution is 7.99. The lowest BCUT2D eigenvalue weighted by molar-refractivity contribution is 0.608. The summed E-state index contributed by atoms with van der Waals surface area (Å²) in [6, 6.07) is 12.4. The van der Waals surface area contributed by atoms with Crippen molar-refractivity contribution < 1.29 is 0 Å². The number of nitrogens with zero attached hydrogens (tertiary/aromatic N) is 5. The summed E-state index contributed by atoms with van der Waals surface area (Å²) in [7, 11) is 0. The largest absolute Gasteiger partial charge is 0.343 e. The molecule has 110 valence electrons. The van der Waals surface area contributed by atoms with Crippen LogP contribution in [0.4, 0.5) is 5.69 Å². The fraction of sp³-hybridized carbons (Fsp3) is 0.188. The Morgan fingerprint density at radius 2 is 1.95 bits per heavy atom. The van der Waals surface area contributed by atoms with Crippen LogP contribution >= 0.6 is 11.8 Å². The molecule has 1 aliphatic rings. The van der Waals surface area contributed by atoms with Gasteiger partial charge in [-0.15, -0.1) is 10.2 Å². The highest BCUT2D eigenvalue weighted by Gasteiger charge is 2.22. The van der Waals surface area contributed by atoms with Crippen LogP contribution in [-0.4, -0.2) is 25.6 Å². The molecule has 0 saturated carbocycles. The number of benzene rings is 1. The Morgan fingerprint density at radius 1 is 1.09 bits per heavy atom. The standard InChI is InChI=1S/C16H15N5S/c1-12-3-2-4-13(9-12)15-18-19-16-21(15)10-20(11-22-16)14-5-7-17-8-6-14/h2-9H,10-11H2,1H3. The van der Waals surface area contributed by atoms with E-state index >= 15 is 0 Å². The lowest BCUT2D eigenvalue weighted by Gasteiger charge is -2.29. The van der Waals surface area contributed by atoms with Crippen molar-refractivity contribution in [2.45, 2.75) is 18.7 Å². The zero-order valence-corrected chi connectivity index (χ0v) is 13.0. The van der Waals surface area contributed by atoms with Crippen molar-refractivity contribution in [1.29, 1.82) is 0 Å². The van der Waals surface area contributed by atoms with E-state index < -0.39 is 0 Å². The summed E-state index contributed by atoms with van der Waals surface area (Å²) in [5.41, 5.74) is 3.50. The molecule has 0 bridgehead atoms. The normalized spacial score (nSPS) is 14.0. The van der Waals surface area contributed by atoms with Crippen molar-refractivity contribution in [1.82, 2.24) is 19.7 Å². The van der Waals surface area contributed by atoms with E-state index in [4.69, 9.17) is 0 Å². The highest BCUT2D eigenvalue weighted by atomic mass is 32.2. The van der Waals surface area contributed by atoms with Gasteiger partial charge in [-0.25, -0.2) is 0 Å². The van der Waals surface area contributed by atoms with E-state index in [2.05, 4.69) is 55.8 Å². The minimum atomic E-state index is 0.753. The molecule has 0 unspecified atom stereocenters. The summed E-state index contributed by atoms with van der Waals surface area (Å²) in [4.78, 5) is 6.38. The van der Waals surface area contributed by atoms with Gasteiger partial charge in [0.05, 0.1) is 12.5 Å². The SMILES string of the molecule is Cc1cccc(-c2nnc3n2CN(c2ccncc2)CS3)c1. The number of aryl methyl sites for hydroxylation is 1. The number of hydrogen-bond acceptors (Lipinski definition) is 5. The van der Waals surface area contributed by atoms with E-state index in [0.717, 1.165) is 34.8 Å². The minimum absolute atomic E-state index is 0.753. The van der Waals surface area contributed by atoms with Gasteiger partial charge in [-0.1, -0.05) is 35.5 Å². The second-order valence-electron chi connectivity index (χ2n) is 5.26. The van der Waals surface area contributed by atoms with Gasteiger partial charge >= 0.3 is 0 Å². The Bertz CT molecular complexity index is 799. The first-order valence-electron chi connectivity index (χ1n) is 7.09. The van der Waals surface area contributed by atoms with Crippen LogP contribution in [0.2, 0.25) is 0 Å². The maximum atomic E-state index is 4.39. The lowest BCUT2D eigenvalue weighted by Crippen LogP contribution is -2.30. The molecular weight excluding hydrogens is 294 g/mol. The van der Waals surface area contributed by atoms with Gasteiger partial charge in [0.1, 0.15) is 0 Å². The fourth-order valence-corrected chi connectivity index (χ4v) is 3.48. The maximum absolute atomic E-state index is 4.39. The van der Waals surface area contributed by atoms with Crippen molar-refractivity contribution in [3.63, 3.8) is 0 Å². The molecule has 1 aromatic carbocycles. The molecule has 0 atom stereocenters. The monoisotopic (exact) mass is 309 g/mol. The third-order valence-electron chi connectivity index (χ3n) is 3.68. The number of rotatable bonds is 2. The van der Waals surface area contributed by atoms with Crippen molar-refractivity contribution in [2.75, 3.05) is 10.8 Å². The van der Waals surface area contributed by atoms with Crippen LogP contribution in [0.25, 0.3) is 11.4 Å². The lowest BCUT2D eigenvalue weighted by atomic mass is 10.1. The maximum Gasteiger partial charge on any atom is 0.194 e. The van der Waals surface area contributed by atoms with Crippen LogP contribution in [0, 0.1) is 6.92 Å². The molecule has 4 rings (SSSR count). The second kappa shape index (κ2) is 5.46. The Kier molecular flexibility index (Phi) is 3.31. The smallest absolute Gasteiger partial charge is 0.194 e. The number of hydrogen-bond donors (Lipinski definition) is 0. The first-order chi connectivity index (χ1) is 10.8. The van der Waals surface area contributed by atoms with E-state index in [0.29, 0.717) is 0 Å². The summed E-state index contributed by atoms with van der Waals surface area (Å²) in [5.74, 6) is 1.79. The second-order valence-corrected chi connectivity index (χ2v) is 6.18. The average molecular weight is 309 g/mol. The van der Waals surface area contributed by atoms with Gasteiger partial charge in [-0.05, 0) is 25.1 Å². The Morgan fingerprint density at radius 3 is 2.77 bits per heavy atom. The molecule has 5 nitrogen and oxygen atoms in total. The van der Waals surface area contributed by atoms with Crippen LogP contribution in [-0.2, 0) is 6.67 Å². The van der Waals surface area contributed by atoms with Crippen molar-refractivity contribution in [3.05, 3.63) is 54.4 Å². The number of fused-ring (bicyclic) bond motifs is 1. The topological polar surface area (TPSA) is 46.8 Å². The molecule has 1 aliphatic heterocycles. The van der Waals surface area contributed by atoms with E-state index in [1.807, 2.05) is 24.5 Å². The molecule has 0 fully saturated rings.